The van der Waals surface area contributed by atoms with Gasteiger partial charge in [0.1, 0.15) is 11.3 Å². The lowest BCUT2D eigenvalue weighted by Crippen LogP contribution is -2.17. The van der Waals surface area contributed by atoms with Crippen LogP contribution in [-0.4, -0.2) is 24.2 Å². The van der Waals surface area contributed by atoms with Crippen molar-refractivity contribution in [3.63, 3.8) is 0 Å². The maximum atomic E-state index is 13.6. The summed E-state index contributed by atoms with van der Waals surface area (Å²) >= 11 is 0. The second-order valence-corrected chi connectivity index (χ2v) is 7.33. The molecule has 4 nitrogen and oxygen atoms in total. The summed E-state index contributed by atoms with van der Waals surface area (Å²) < 4.78 is 77.7. The van der Waals surface area contributed by atoms with Crippen molar-refractivity contribution in [1.82, 2.24) is 0 Å². The SMILES string of the molecule is O=c1oc2cc(OCCCC(F)(F)CCCO)ccc2cc1-c1ccccc1C(F)(F)F. The summed E-state index contributed by atoms with van der Waals surface area (Å²) in [4.78, 5) is 12.4. The van der Waals surface area contributed by atoms with Crippen molar-refractivity contribution < 1.29 is 36.2 Å². The zero-order valence-corrected chi connectivity index (χ0v) is 16.9. The van der Waals surface area contributed by atoms with E-state index in [-0.39, 0.29) is 48.5 Å². The number of aliphatic hydroxyl groups excluding tert-OH is 1. The number of aliphatic hydroxyl groups is 1. The molecule has 172 valence electrons. The van der Waals surface area contributed by atoms with E-state index in [1.54, 1.807) is 0 Å². The number of halogens is 5. The summed E-state index contributed by atoms with van der Waals surface area (Å²) in [6, 6.07) is 10.5. The van der Waals surface area contributed by atoms with Gasteiger partial charge >= 0.3 is 11.8 Å². The van der Waals surface area contributed by atoms with Crippen LogP contribution in [0.5, 0.6) is 5.75 Å². The zero-order chi connectivity index (χ0) is 23.4. The van der Waals surface area contributed by atoms with Crippen molar-refractivity contribution in [1.29, 1.82) is 0 Å². The molecule has 0 radical (unpaired) electrons. The number of ether oxygens (including phenoxy) is 1. The molecule has 0 aliphatic heterocycles. The first-order valence-electron chi connectivity index (χ1n) is 9.97. The molecule has 0 aliphatic rings. The van der Waals surface area contributed by atoms with Crippen LogP contribution in [0.4, 0.5) is 22.0 Å². The Morgan fingerprint density at radius 3 is 2.34 bits per heavy atom. The molecule has 2 aromatic carbocycles. The Morgan fingerprint density at radius 2 is 1.62 bits per heavy atom. The van der Waals surface area contributed by atoms with Gasteiger partial charge < -0.3 is 14.3 Å². The topological polar surface area (TPSA) is 59.7 Å². The number of rotatable bonds is 9. The molecule has 0 amide bonds. The second-order valence-electron chi connectivity index (χ2n) is 7.33. The van der Waals surface area contributed by atoms with Crippen LogP contribution in [0.3, 0.4) is 0 Å². The largest absolute Gasteiger partial charge is 0.493 e. The average Bonchev–Trinajstić information content (AvgIpc) is 2.74. The molecule has 0 aliphatic carbocycles. The maximum Gasteiger partial charge on any atom is 0.417 e. The summed E-state index contributed by atoms with van der Waals surface area (Å²) in [5.41, 5.74) is -2.27. The predicted octanol–water partition coefficient (Wildman–Crippen LogP) is 6.05. The van der Waals surface area contributed by atoms with Gasteiger partial charge in [0.2, 0.25) is 5.92 Å². The summed E-state index contributed by atoms with van der Waals surface area (Å²) in [5, 5.41) is 9.04. The number of benzene rings is 2. The van der Waals surface area contributed by atoms with Crippen LogP contribution in [0.25, 0.3) is 22.1 Å². The third-order valence-corrected chi connectivity index (χ3v) is 4.89. The van der Waals surface area contributed by atoms with Crippen molar-refractivity contribution in [2.75, 3.05) is 13.2 Å². The Labute approximate surface area is 180 Å². The minimum Gasteiger partial charge on any atom is -0.493 e. The Balaban J connectivity index is 1.76. The van der Waals surface area contributed by atoms with Crippen LogP contribution in [0.1, 0.15) is 31.2 Å². The van der Waals surface area contributed by atoms with Crippen LogP contribution in [0.15, 0.2) is 57.7 Å². The molecule has 32 heavy (non-hydrogen) atoms. The summed E-state index contributed by atoms with van der Waals surface area (Å²) in [6.07, 6.45) is -5.33. The second kappa shape index (κ2) is 9.68. The molecule has 3 rings (SSSR count). The fourth-order valence-electron chi connectivity index (χ4n) is 3.32. The molecule has 1 N–H and O–H groups in total. The van der Waals surface area contributed by atoms with Gasteiger partial charge in [-0.15, -0.1) is 0 Å². The van der Waals surface area contributed by atoms with Gasteiger partial charge in [0.15, 0.2) is 0 Å². The highest BCUT2D eigenvalue weighted by Gasteiger charge is 2.34. The summed E-state index contributed by atoms with van der Waals surface area (Å²) in [6.45, 7) is -0.292. The van der Waals surface area contributed by atoms with E-state index in [1.165, 1.54) is 42.5 Å². The molecule has 0 bridgehead atoms. The Kier molecular flexibility index (Phi) is 7.18. The van der Waals surface area contributed by atoms with Gasteiger partial charge in [0, 0.05) is 36.5 Å². The van der Waals surface area contributed by atoms with Crippen LogP contribution >= 0.6 is 0 Å². The standard InChI is InChI=1S/C23H21F5O4/c24-22(25,9-3-11-29)10-4-12-31-16-8-7-15-13-18(21(30)32-20(15)14-16)17-5-1-2-6-19(17)23(26,27)28/h1-2,5-8,13-14,29H,3-4,9-12H2. The lowest BCUT2D eigenvalue weighted by Gasteiger charge is -2.15. The molecular formula is C23H21F5O4. The quantitative estimate of drug-likeness (QED) is 0.242. The normalized spacial score (nSPS) is 12.3. The summed E-state index contributed by atoms with van der Waals surface area (Å²) in [5.74, 6) is -2.60. The molecule has 1 heterocycles. The van der Waals surface area contributed by atoms with E-state index < -0.39 is 36.1 Å². The lowest BCUT2D eigenvalue weighted by atomic mass is 10.00. The number of fused-ring (bicyclic) bond motifs is 1. The van der Waals surface area contributed by atoms with E-state index in [0.29, 0.717) is 5.39 Å². The predicted molar refractivity (Wildman–Crippen MR) is 109 cm³/mol. The van der Waals surface area contributed by atoms with Crippen LogP contribution in [0.2, 0.25) is 0 Å². The highest BCUT2D eigenvalue weighted by molar-refractivity contribution is 5.83. The van der Waals surface area contributed by atoms with E-state index in [4.69, 9.17) is 14.3 Å². The van der Waals surface area contributed by atoms with Gasteiger partial charge in [0.25, 0.3) is 0 Å². The molecule has 0 atom stereocenters. The molecule has 0 saturated heterocycles. The monoisotopic (exact) mass is 456 g/mol. The third-order valence-electron chi connectivity index (χ3n) is 4.89. The molecule has 3 aromatic rings. The number of hydrogen-bond acceptors (Lipinski definition) is 4. The fourth-order valence-corrected chi connectivity index (χ4v) is 3.32. The molecule has 1 aromatic heterocycles. The van der Waals surface area contributed by atoms with Gasteiger partial charge in [-0.1, -0.05) is 18.2 Å². The van der Waals surface area contributed by atoms with Crippen molar-refractivity contribution in [3.8, 4) is 16.9 Å². The van der Waals surface area contributed by atoms with E-state index in [1.807, 2.05) is 0 Å². The van der Waals surface area contributed by atoms with E-state index in [0.717, 1.165) is 6.07 Å². The Hall–Kier alpha value is -2.94. The summed E-state index contributed by atoms with van der Waals surface area (Å²) in [7, 11) is 0. The van der Waals surface area contributed by atoms with Crippen molar-refractivity contribution >= 4 is 11.0 Å². The molecule has 0 unspecified atom stereocenters. The minimum atomic E-state index is -4.63. The van der Waals surface area contributed by atoms with Crippen LogP contribution in [0, 0.1) is 0 Å². The zero-order valence-electron chi connectivity index (χ0n) is 16.9. The first-order valence-corrected chi connectivity index (χ1v) is 9.97. The Morgan fingerprint density at radius 1 is 0.906 bits per heavy atom. The van der Waals surface area contributed by atoms with E-state index >= 15 is 0 Å². The molecule has 0 spiro atoms. The molecule has 0 fully saturated rings. The van der Waals surface area contributed by atoms with Crippen molar-refractivity contribution in [2.24, 2.45) is 0 Å². The number of alkyl halides is 5. The van der Waals surface area contributed by atoms with Crippen LogP contribution < -0.4 is 10.4 Å². The smallest absolute Gasteiger partial charge is 0.417 e. The van der Waals surface area contributed by atoms with Crippen molar-refractivity contribution in [3.05, 3.63) is 64.5 Å². The first kappa shape index (κ1) is 23.7. The van der Waals surface area contributed by atoms with Gasteiger partial charge in [-0.25, -0.2) is 13.6 Å². The van der Waals surface area contributed by atoms with E-state index in [9.17, 15) is 26.7 Å². The molecule has 0 saturated carbocycles. The van der Waals surface area contributed by atoms with Gasteiger partial charge in [0.05, 0.1) is 17.7 Å². The molecular weight excluding hydrogens is 435 g/mol. The van der Waals surface area contributed by atoms with Crippen molar-refractivity contribution in [2.45, 2.75) is 37.8 Å². The lowest BCUT2D eigenvalue weighted by molar-refractivity contribution is -0.137. The van der Waals surface area contributed by atoms with Gasteiger partial charge in [-0.05, 0) is 37.1 Å². The molecule has 9 heteroatoms. The first-order chi connectivity index (χ1) is 15.1. The highest BCUT2D eigenvalue weighted by atomic mass is 19.4. The number of hydrogen-bond donors (Lipinski definition) is 1. The van der Waals surface area contributed by atoms with Crippen LogP contribution in [-0.2, 0) is 6.18 Å². The van der Waals surface area contributed by atoms with Gasteiger partial charge in [-0.2, -0.15) is 13.2 Å². The maximum absolute atomic E-state index is 13.6. The third kappa shape index (κ3) is 5.85. The average molecular weight is 456 g/mol. The fraction of sp³-hybridized carbons (Fsp3) is 0.348. The minimum absolute atomic E-state index is 0.00148. The van der Waals surface area contributed by atoms with E-state index in [2.05, 4.69) is 0 Å². The van der Waals surface area contributed by atoms with Gasteiger partial charge in [-0.3, -0.25) is 0 Å². The highest BCUT2D eigenvalue weighted by Crippen LogP contribution is 2.36. The Bertz CT molecular complexity index is 1120.